The number of methoxy groups -OCH3 is 1. The highest BCUT2D eigenvalue weighted by molar-refractivity contribution is 9.11. The second-order valence-electron chi connectivity index (χ2n) is 3.91. The second kappa shape index (κ2) is 6.16. The average molecular weight is 325 g/mol. The monoisotopic (exact) mass is 324 g/mol. The van der Waals surface area contributed by atoms with E-state index in [0.717, 1.165) is 27.1 Å². The Bertz CT molecular complexity index is 531. The predicted molar refractivity (Wildman–Crippen MR) is 77.7 cm³/mol. The van der Waals surface area contributed by atoms with Crippen LogP contribution in [0.3, 0.4) is 0 Å². The first-order chi connectivity index (χ1) is 8.69. The molecule has 4 heteroatoms. The molecule has 0 aliphatic heterocycles. The molecule has 0 saturated heterocycles. The summed E-state index contributed by atoms with van der Waals surface area (Å²) in [6.07, 6.45) is 1.30. The van der Waals surface area contributed by atoms with E-state index in [1.807, 2.05) is 35.7 Å². The average Bonchev–Trinajstić information content (AvgIpc) is 2.83. The minimum atomic E-state index is 0.188. The van der Waals surface area contributed by atoms with Gasteiger partial charge in [-0.3, -0.25) is 4.79 Å². The van der Waals surface area contributed by atoms with Crippen molar-refractivity contribution >= 4 is 33.0 Å². The summed E-state index contributed by atoms with van der Waals surface area (Å²) in [5.74, 6) is 1.03. The summed E-state index contributed by atoms with van der Waals surface area (Å²) in [5.41, 5.74) is 1.94. The molecule has 0 saturated carbocycles. The molecule has 0 N–H and O–H groups in total. The van der Waals surface area contributed by atoms with Gasteiger partial charge >= 0.3 is 0 Å². The summed E-state index contributed by atoms with van der Waals surface area (Å²) in [7, 11) is 1.65. The Morgan fingerprint density at radius 2 is 2.06 bits per heavy atom. The number of ether oxygens (including phenoxy) is 1. The maximum Gasteiger partial charge on any atom is 0.164 e. The number of thiophene rings is 1. The molecule has 18 heavy (non-hydrogen) atoms. The summed E-state index contributed by atoms with van der Waals surface area (Å²) in [6.45, 7) is 0. The van der Waals surface area contributed by atoms with Gasteiger partial charge in [0.2, 0.25) is 0 Å². The van der Waals surface area contributed by atoms with Gasteiger partial charge in [-0.15, -0.1) is 11.3 Å². The molecule has 94 valence electrons. The van der Waals surface area contributed by atoms with Gasteiger partial charge in [0.15, 0.2) is 5.78 Å². The molecule has 0 unspecified atom stereocenters. The van der Waals surface area contributed by atoms with Crippen molar-refractivity contribution in [3.8, 4) is 5.75 Å². The molecule has 0 aliphatic rings. The fraction of sp³-hybridized carbons (Fsp3) is 0.214. The zero-order valence-electron chi connectivity index (χ0n) is 9.98. The van der Waals surface area contributed by atoms with Crippen LogP contribution in [0.4, 0.5) is 0 Å². The minimum absolute atomic E-state index is 0.188. The number of halogens is 1. The maximum absolute atomic E-state index is 11.9. The minimum Gasteiger partial charge on any atom is -0.497 e. The standard InChI is InChI=1S/C14H13BrO2S/c1-17-12-5-2-10(3-6-12)4-7-13(16)11-8-14(15)18-9-11/h2-3,5-6,8-9H,4,7H2,1H3. The van der Waals surface area contributed by atoms with E-state index in [0.29, 0.717) is 6.42 Å². The van der Waals surface area contributed by atoms with Crippen LogP contribution in [-0.2, 0) is 6.42 Å². The number of carbonyl (C=O) groups is 1. The Labute approximate surface area is 119 Å². The van der Waals surface area contributed by atoms with Gasteiger partial charge in [0.25, 0.3) is 0 Å². The zero-order chi connectivity index (χ0) is 13.0. The lowest BCUT2D eigenvalue weighted by Crippen LogP contribution is -1.99. The number of aryl methyl sites for hydroxylation is 1. The van der Waals surface area contributed by atoms with E-state index in [1.54, 1.807) is 7.11 Å². The molecule has 0 spiro atoms. The van der Waals surface area contributed by atoms with Crippen LogP contribution < -0.4 is 4.74 Å². The van der Waals surface area contributed by atoms with E-state index in [1.165, 1.54) is 11.3 Å². The fourth-order valence-corrected chi connectivity index (χ4v) is 2.81. The number of hydrogen-bond acceptors (Lipinski definition) is 3. The Kier molecular flexibility index (Phi) is 4.55. The first-order valence-corrected chi connectivity index (χ1v) is 7.26. The van der Waals surface area contributed by atoms with Crippen LogP contribution in [0, 0.1) is 0 Å². The molecule has 1 heterocycles. The van der Waals surface area contributed by atoms with Crippen molar-refractivity contribution < 1.29 is 9.53 Å². The number of rotatable bonds is 5. The highest BCUT2D eigenvalue weighted by Crippen LogP contribution is 2.22. The van der Waals surface area contributed by atoms with E-state index < -0.39 is 0 Å². The molecule has 0 atom stereocenters. The number of ketones is 1. The SMILES string of the molecule is COc1ccc(CCC(=O)c2csc(Br)c2)cc1. The van der Waals surface area contributed by atoms with Gasteiger partial charge in [0.05, 0.1) is 10.9 Å². The summed E-state index contributed by atoms with van der Waals surface area (Å²) in [4.78, 5) is 11.9. The van der Waals surface area contributed by atoms with E-state index in [9.17, 15) is 4.79 Å². The Morgan fingerprint density at radius 3 is 2.61 bits per heavy atom. The molecule has 0 amide bonds. The van der Waals surface area contributed by atoms with Crippen molar-refractivity contribution in [1.29, 1.82) is 0 Å². The smallest absolute Gasteiger partial charge is 0.164 e. The van der Waals surface area contributed by atoms with Crippen molar-refractivity contribution in [3.63, 3.8) is 0 Å². The lowest BCUT2D eigenvalue weighted by Gasteiger charge is -2.02. The fourth-order valence-electron chi connectivity index (χ4n) is 1.65. The molecule has 2 aromatic rings. The van der Waals surface area contributed by atoms with Gasteiger partial charge < -0.3 is 4.74 Å². The van der Waals surface area contributed by atoms with Crippen molar-refractivity contribution in [2.45, 2.75) is 12.8 Å². The number of Topliss-reactive ketones (excluding diaryl/α,β-unsaturated/α-hetero) is 1. The third-order valence-corrected chi connectivity index (χ3v) is 4.19. The molecule has 0 fully saturated rings. The van der Waals surface area contributed by atoms with Gasteiger partial charge in [0.1, 0.15) is 5.75 Å². The van der Waals surface area contributed by atoms with E-state index in [2.05, 4.69) is 15.9 Å². The van der Waals surface area contributed by atoms with E-state index >= 15 is 0 Å². The summed E-state index contributed by atoms with van der Waals surface area (Å²) in [5, 5.41) is 1.89. The highest BCUT2D eigenvalue weighted by Gasteiger charge is 2.08. The van der Waals surface area contributed by atoms with Crippen LogP contribution in [0.25, 0.3) is 0 Å². The van der Waals surface area contributed by atoms with Crippen LogP contribution in [0.5, 0.6) is 5.75 Å². The van der Waals surface area contributed by atoms with Gasteiger partial charge in [0, 0.05) is 17.4 Å². The van der Waals surface area contributed by atoms with Crippen LogP contribution >= 0.6 is 27.3 Å². The van der Waals surface area contributed by atoms with Gasteiger partial charge in [-0.25, -0.2) is 0 Å². The number of benzene rings is 1. The molecule has 0 radical (unpaired) electrons. The molecular formula is C14H13BrO2S. The van der Waals surface area contributed by atoms with Crippen molar-refractivity contribution in [2.75, 3.05) is 7.11 Å². The molecule has 0 bridgehead atoms. The van der Waals surface area contributed by atoms with Gasteiger partial charge in [-0.1, -0.05) is 12.1 Å². The lowest BCUT2D eigenvalue weighted by molar-refractivity contribution is 0.0983. The highest BCUT2D eigenvalue weighted by atomic mass is 79.9. The lowest BCUT2D eigenvalue weighted by atomic mass is 10.0. The van der Waals surface area contributed by atoms with Crippen molar-refractivity contribution in [1.82, 2.24) is 0 Å². The first kappa shape index (κ1) is 13.3. The maximum atomic E-state index is 11.9. The van der Waals surface area contributed by atoms with Crippen molar-refractivity contribution in [2.24, 2.45) is 0 Å². The predicted octanol–water partition coefficient (Wildman–Crippen LogP) is 4.33. The number of hydrogen-bond donors (Lipinski definition) is 0. The molecular weight excluding hydrogens is 312 g/mol. The molecule has 1 aromatic carbocycles. The third-order valence-electron chi connectivity index (χ3n) is 2.69. The number of carbonyl (C=O) groups excluding carboxylic acids is 1. The molecule has 2 nitrogen and oxygen atoms in total. The van der Waals surface area contributed by atoms with Crippen LogP contribution in [0.15, 0.2) is 39.5 Å². The zero-order valence-corrected chi connectivity index (χ0v) is 12.4. The topological polar surface area (TPSA) is 26.3 Å². The molecule has 2 rings (SSSR count). The Morgan fingerprint density at radius 1 is 1.33 bits per heavy atom. The molecule has 1 aromatic heterocycles. The van der Waals surface area contributed by atoms with Crippen LogP contribution in [-0.4, -0.2) is 12.9 Å². The summed E-state index contributed by atoms with van der Waals surface area (Å²) >= 11 is 4.90. The van der Waals surface area contributed by atoms with E-state index in [4.69, 9.17) is 4.74 Å². The first-order valence-electron chi connectivity index (χ1n) is 5.59. The second-order valence-corrected chi connectivity index (χ2v) is 6.20. The van der Waals surface area contributed by atoms with Gasteiger partial charge in [-0.05, 0) is 46.1 Å². The van der Waals surface area contributed by atoms with E-state index in [-0.39, 0.29) is 5.78 Å². The van der Waals surface area contributed by atoms with Crippen LogP contribution in [0.2, 0.25) is 0 Å². The third kappa shape index (κ3) is 3.43. The van der Waals surface area contributed by atoms with Gasteiger partial charge in [-0.2, -0.15) is 0 Å². The Balaban J connectivity index is 1.92. The van der Waals surface area contributed by atoms with Crippen molar-refractivity contribution in [3.05, 3.63) is 50.6 Å². The Hall–Kier alpha value is -1.13. The summed E-state index contributed by atoms with van der Waals surface area (Å²) < 4.78 is 6.09. The summed E-state index contributed by atoms with van der Waals surface area (Å²) in [6, 6.07) is 9.70. The van der Waals surface area contributed by atoms with Crippen LogP contribution in [0.1, 0.15) is 22.3 Å². The molecule has 0 aliphatic carbocycles. The quantitative estimate of drug-likeness (QED) is 0.765. The largest absolute Gasteiger partial charge is 0.497 e. The normalized spacial score (nSPS) is 10.3.